The number of ether oxygens (including phenoxy) is 2. The van der Waals surface area contributed by atoms with E-state index in [1.54, 1.807) is 24.1 Å². The monoisotopic (exact) mass is 638 g/mol. The predicted octanol–water partition coefficient (Wildman–Crippen LogP) is 5.33. The number of piperazine rings is 1. The first-order valence-corrected chi connectivity index (χ1v) is 17.1. The number of hydrogen-bond donors (Lipinski definition) is 2. The number of esters is 1. The molecule has 2 N–H and O–H groups in total. The Morgan fingerprint density at radius 1 is 1.13 bits per heavy atom. The summed E-state index contributed by atoms with van der Waals surface area (Å²) in [6, 6.07) is 2.47. The van der Waals surface area contributed by atoms with Gasteiger partial charge in [-0.1, -0.05) is 63.8 Å². The number of rotatable bonds is 6. The van der Waals surface area contributed by atoms with E-state index in [4.69, 9.17) is 9.47 Å². The zero-order chi connectivity index (χ0) is 33.1. The first-order chi connectivity index (χ1) is 22.0. The Kier molecular flexibility index (Phi) is 13.4. The molecule has 3 heterocycles. The molecule has 46 heavy (non-hydrogen) atoms. The van der Waals surface area contributed by atoms with Crippen LogP contribution in [0.15, 0.2) is 54.5 Å². The van der Waals surface area contributed by atoms with Gasteiger partial charge in [0, 0.05) is 50.3 Å². The summed E-state index contributed by atoms with van der Waals surface area (Å²) in [5.74, 6) is -0.740. The van der Waals surface area contributed by atoms with Crippen LogP contribution in [-0.4, -0.2) is 98.2 Å². The van der Waals surface area contributed by atoms with Gasteiger partial charge in [-0.15, -0.1) is 0 Å². The molecule has 2 aliphatic heterocycles. The fourth-order valence-corrected chi connectivity index (χ4v) is 6.66. The van der Waals surface area contributed by atoms with E-state index in [1.165, 1.54) is 44.9 Å². The van der Waals surface area contributed by atoms with Crippen molar-refractivity contribution < 1.29 is 29.3 Å². The first kappa shape index (κ1) is 35.8. The number of aromatic nitrogens is 2. The number of carbonyl (C=O) groups is 2. The minimum Gasteiger partial charge on any atom is -0.457 e. The second-order valence-corrected chi connectivity index (χ2v) is 13.6. The van der Waals surface area contributed by atoms with Gasteiger partial charge in [-0.2, -0.15) is 0 Å². The Morgan fingerprint density at radius 2 is 1.85 bits per heavy atom. The highest BCUT2D eigenvalue weighted by atomic mass is 16.6. The summed E-state index contributed by atoms with van der Waals surface area (Å²) in [5.41, 5.74) is 0.266. The predicted molar refractivity (Wildman–Crippen MR) is 177 cm³/mol. The van der Waals surface area contributed by atoms with Crippen LogP contribution in [0.25, 0.3) is 0 Å². The summed E-state index contributed by atoms with van der Waals surface area (Å²) in [6.07, 6.45) is 17.4. The molecule has 1 saturated carbocycles. The maximum Gasteiger partial charge on any atom is 0.410 e. The molecular weight excluding hydrogens is 584 g/mol. The number of allylic oxidation sites excluding steroid dienone is 3. The van der Waals surface area contributed by atoms with Gasteiger partial charge in [0.25, 0.3) is 0 Å². The van der Waals surface area contributed by atoms with Crippen molar-refractivity contribution in [3.8, 4) is 0 Å². The fourth-order valence-electron chi connectivity index (χ4n) is 6.66. The molecule has 6 atom stereocenters. The number of hydrogen-bond acceptors (Lipinski definition) is 9. The molecule has 2 fully saturated rings. The molecule has 0 spiro atoms. The molecule has 3 aliphatic rings. The topological polar surface area (TPSA) is 125 Å². The maximum atomic E-state index is 13.4. The van der Waals surface area contributed by atoms with Crippen molar-refractivity contribution in [1.82, 2.24) is 19.8 Å². The maximum absolute atomic E-state index is 13.4. The molecule has 1 unspecified atom stereocenters. The summed E-state index contributed by atoms with van der Waals surface area (Å²) in [5, 5.41) is 22.1. The third kappa shape index (κ3) is 10.5. The summed E-state index contributed by atoms with van der Waals surface area (Å²) in [4.78, 5) is 38.7. The van der Waals surface area contributed by atoms with E-state index in [0.717, 1.165) is 24.4 Å². The van der Waals surface area contributed by atoms with E-state index in [1.807, 2.05) is 51.1 Å². The van der Waals surface area contributed by atoms with Crippen molar-refractivity contribution in [1.29, 1.82) is 0 Å². The quantitative estimate of drug-likeness (QED) is 0.184. The first-order valence-electron chi connectivity index (χ1n) is 17.1. The van der Waals surface area contributed by atoms with Crippen LogP contribution in [0.1, 0.15) is 97.1 Å². The molecule has 0 bridgehead atoms. The lowest BCUT2D eigenvalue weighted by Crippen LogP contribution is -2.53. The molecule has 1 aromatic heterocycles. The molecule has 1 amide bonds. The average molecular weight is 639 g/mol. The van der Waals surface area contributed by atoms with E-state index in [2.05, 4.69) is 14.9 Å². The third-order valence-electron chi connectivity index (χ3n) is 9.74. The molecule has 1 aromatic rings. The van der Waals surface area contributed by atoms with Crippen molar-refractivity contribution in [2.75, 3.05) is 26.2 Å². The lowest BCUT2D eigenvalue weighted by atomic mass is 9.88. The van der Waals surface area contributed by atoms with Crippen LogP contribution in [0.3, 0.4) is 0 Å². The van der Waals surface area contributed by atoms with E-state index >= 15 is 0 Å². The van der Waals surface area contributed by atoms with Crippen LogP contribution in [0.2, 0.25) is 0 Å². The smallest absolute Gasteiger partial charge is 0.410 e. The SMILES string of the molecule is C/C(=C\C=C\C(C)c1ccncn1)[C@H]1OC(=O)C[C@@H](O)CC[C@](C)(O)[C@H](OC(=O)N2CCN(C3CCCCCC3)CC2)/C=C/[C@@H]1C. The molecular formula is C36H54N4O6. The largest absolute Gasteiger partial charge is 0.457 e. The van der Waals surface area contributed by atoms with Crippen molar-refractivity contribution in [2.24, 2.45) is 5.92 Å². The molecule has 1 saturated heterocycles. The molecule has 254 valence electrons. The molecule has 4 rings (SSSR count). The lowest BCUT2D eigenvalue weighted by Gasteiger charge is -2.40. The summed E-state index contributed by atoms with van der Waals surface area (Å²) < 4.78 is 11.9. The Bertz CT molecular complexity index is 1200. The highest BCUT2D eigenvalue weighted by molar-refractivity contribution is 5.70. The van der Waals surface area contributed by atoms with Crippen LogP contribution < -0.4 is 0 Å². The third-order valence-corrected chi connectivity index (χ3v) is 9.74. The van der Waals surface area contributed by atoms with Crippen LogP contribution in [0, 0.1) is 5.92 Å². The van der Waals surface area contributed by atoms with E-state index in [9.17, 15) is 19.8 Å². The minimum atomic E-state index is -1.45. The molecule has 10 heteroatoms. The Hall–Kier alpha value is -3.08. The van der Waals surface area contributed by atoms with E-state index in [-0.39, 0.29) is 31.1 Å². The summed E-state index contributed by atoms with van der Waals surface area (Å²) in [6.45, 7) is 10.3. The number of cyclic esters (lactones) is 1. The Balaban J connectivity index is 1.45. The highest BCUT2D eigenvalue weighted by Gasteiger charge is 2.37. The number of nitrogens with zero attached hydrogens (tertiary/aromatic N) is 4. The molecule has 1 aliphatic carbocycles. The minimum absolute atomic E-state index is 0.0656. The van der Waals surface area contributed by atoms with Gasteiger partial charge in [-0.25, -0.2) is 14.8 Å². The molecule has 0 radical (unpaired) electrons. The number of carbonyl (C=O) groups excluding carboxylic acids is 2. The van der Waals surface area contributed by atoms with Crippen molar-refractivity contribution in [3.63, 3.8) is 0 Å². The van der Waals surface area contributed by atoms with Gasteiger partial charge >= 0.3 is 12.1 Å². The number of amides is 1. The van der Waals surface area contributed by atoms with Crippen molar-refractivity contribution in [2.45, 2.75) is 121 Å². The van der Waals surface area contributed by atoms with Crippen molar-refractivity contribution in [3.05, 3.63) is 60.2 Å². The second-order valence-electron chi connectivity index (χ2n) is 13.6. The van der Waals surface area contributed by atoms with Crippen LogP contribution >= 0.6 is 0 Å². The highest BCUT2D eigenvalue weighted by Crippen LogP contribution is 2.28. The van der Waals surface area contributed by atoms with Gasteiger partial charge in [-0.05, 0) is 57.2 Å². The van der Waals surface area contributed by atoms with E-state index < -0.39 is 36.0 Å². The number of aliphatic hydroxyl groups is 2. The van der Waals surface area contributed by atoms with Gasteiger partial charge in [0.2, 0.25) is 0 Å². The van der Waals surface area contributed by atoms with Gasteiger partial charge in [0.05, 0.1) is 18.2 Å². The standard InChI is InChI=1S/C36H54N4O6/c1-26(31-17-19-37-25-38-31)10-9-11-27(2)34-28(3)14-15-32(36(4,44)18-16-30(41)24-33(42)46-34)45-35(43)40-22-20-39(21-23-40)29-12-7-5-6-8-13-29/h9-11,14-15,17,19,25-26,28-30,32,34,41,44H,5-8,12-13,16,18,20-24H2,1-4H3/b10-9+,15-14+,27-11+/t26?,28-,30-,32+,34+,36-/m0/s1. The Morgan fingerprint density at radius 3 is 2.52 bits per heavy atom. The molecule has 10 nitrogen and oxygen atoms in total. The van der Waals surface area contributed by atoms with E-state index in [0.29, 0.717) is 19.1 Å². The van der Waals surface area contributed by atoms with Crippen LogP contribution in [-0.2, 0) is 14.3 Å². The van der Waals surface area contributed by atoms with Crippen LogP contribution in [0.4, 0.5) is 4.79 Å². The van der Waals surface area contributed by atoms with Crippen molar-refractivity contribution >= 4 is 12.1 Å². The Labute approximate surface area is 274 Å². The summed E-state index contributed by atoms with van der Waals surface area (Å²) in [7, 11) is 0. The normalized spacial score (nSPS) is 31.3. The second kappa shape index (κ2) is 17.2. The lowest BCUT2D eigenvalue weighted by molar-refractivity contribution is -0.151. The molecule has 0 aromatic carbocycles. The summed E-state index contributed by atoms with van der Waals surface area (Å²) >= 11 is 0. The zero-order valence-electron chi connectivity index (χ0n) is 28.1. The average Bonchev–Trinajstić information content (AvgIpc) is 3.34. The van der Waals surface area contributed by atoms with Gasteiger partial charge in [0.15, 0.2) is 6.10 Å². The zero-order valence-corrected chi connectivity index (χ0v) is 28.1. The van der Waals surface area contributed by atoms with Gasteiger partial charge in [-0.3, -0.25) is 9.69 Å². The fraction of sp³-hybridized carbons (Fsp3) is 0.667. The number of aliphatic hydroxyl groups excluding tert-OH is 1. The van der Waals surface area contributed by atoms with Gasteiger partial charge < -0.3 is 24.6 Å². The van der Waals surface area contributed by atoms with Crippen LogP contribution in [0.5, 0.6) is 0 Å². The van der Waals surface area contributed by atoms with Gasteiger partial charge in [0.1, 0.15) is 18.0 Å².